The largest absolute Gasteiger partial charge is 0.0844 e. The van der Waals surface area contributed by atoms with Gasteiger partial charge in [0.15, 0.2) is 0 Å². The molecule has 72 valence electrons. The maximum absolute atomic E-state index is 2.18. The number of hydrogen-bond donors (Lipinski definition) is 0. The zero-order chi connectivity index (χ0) is 8.49. The summed E-state index contributed by atoms with van der Waals surface area (Å²) in [4.78, 5) is 0. The summed E-state index contributed by atoms with van der Waals surface area (Å²) >= 11 is 0. The van der Waals surface area contributed by atoms with Crippen molar-refractivity contribution in [3.05, 3.63) is 48.6 Å². The normalized spacial score (nSPS) is 17.2. The lowest BCUT2D eigenvalue weighted by atomic mass is 10.2. The predicted molar refractivity (Wildman–Crippen MR) is 61.8 cm³/mol. The van der Waals surface area contributed by atoms with Crippen LogP contribution in [0.3, 0.4) is 0 Å². The Bertz CT molecular complexity index is 172. The van der Waals surface area contributed by atoms with Gasteiger partial charge in [0.25, 0.3) is 0 Å². The molecule has 0 fully saturated rings. The summed E-state index contributed by atoms with van der Waals surface area (Å²) in [6.45, 7) is 0. The van der Waals surface area contributed by atoms with Crippen LogP contribution in [0.1, 0.15) is 33.1 Å². The van der Waals surface area contributed by atoms with Crippen LogP contribution in [0.25, 0.3) is 0 Å². The summed E-state index contributed by atoms with van der Waals surface area (Å²) in [5.41, 5.74) is 0. The van der Waals surface area contributed by atoms with Crippen LogP contribution in [0.4, 0.5) is 0 Å². The third-order valence-corrected chi connectivity index (χ3v) is 1.76. The van der Waals surface area contributed by atoms with Gasteiger partial charge in [-0.1, -0.05) is 56.0 Å². The molecule has 0 aromatic heterocycles. The lowest BCUT2D eigenvalue weighted by Crippen LogP contribution is -1.67. The zero-order valence-corrected chi connectivity index (χ0v) is 7.45. The van der Waals surface area contributed by atoms with E-state index in [0.717, 1.165) is 12.8 Å². The van der Waals surface area contributed by atoms with Crippen molar-refractivity contribution >= 4 is 0 Å². The molecule has 2 aliphatic carbocycles. The highest BCUT2D eigenvalue weighted by Gasteiger charge is 1.77. The molecule has 0 unspecified atom stereocenters. The fraction of sp³-hybridized carbons (Fsp3) is 0.385. The Kier molecular flexibility index (Phi) is 8.33. The van der Waals surface area contributed by atoms with Crippen molar-refractivity contribution in [2.75, 3.05) is 0 Å². The molecule has 0 heteroatoms. The SMILES string of the molecule is C.C1=CCC=CC1.C1=CCCC=C1. The topological polar surface area (TPSA) is 0 Å². The first-order valence-corrected chi connectivity index (χ1v) is 4.62. The van der Waals surface area contributed by atoms with Crippen molar-refractivity contribution in [3.63, 3.8) is 0 Å². The summed E-state index contributed by atoms with van der Waals surface area (Å²) in [5.74, 6) is 0. The van der Waals surface area contributed by atoms with Crippen LogP contribution in [-0.2, 0) is 0 Å². The first-order chi connectivity index (χ1) is 6.00. The Hall–Kier alpha value is -1.04. The van der Waals surface area contributed by atoms with Crippen LogP contribution in [0, 0.1) is 0 Å². The molecular weight excluding hydrogens is 156 g/mol. The minimum absolute atomic E-state index is 0. The van der Waals surface area contributed by atoms with Gasteiger partial charge in [0, 0.05) is 0 Å². The molecule has 0 atom stereocenters. The summed E-state index contributed by atoms with van der Waals surface area (Å²) in [6.07, 6.45) is 22.0. The van der Waals surface area contributed by atoms with E-state index in [9.17, 15) is 0 Å². The van der Waals surface area contributed by atoms with Gasteiger partial charge in [0.2, 0.25) is 0 Å². The lowest BCUT2D eigenvalue weighted by Gasteiger charge is -1.88. The molecule has 2 rings (SSSR count). The van der Waals surface area contributed by atoms with E-state index in [1.165, 1.54) is 12.8 Å². The van der Waals surface area contributed by atoms with E-state index in [2.05, 4.69) is 48.6 Å². The smallest absolute Gasteiger partial charge is 0.0169 e. The van der Waals surface area contributed by atoms with E-state index in [-0.39, 0.29) is 7.43 Å². The van der Waals surface area contributed by atoms with Crippen LogP contribution >= 0.6 is 0 Å². The van der Waals surface area contributed by atoms with Gasteiger partial charge >= 0.3 is 0 Å². The molecule has 13 heavy (non-hydrogen) atoms. The molecule has 0 radical (unpaired) electrons. The maximum atomic E-state index is 2.18. The van der Waals surface area contributed by atoms with E-state index in [1.807, 2.05) is 0 Å². The number of allylic oxidation sites excluding steroid dienone is 8. The second kappa shape index (κ2) is 9.05. The van der Waals surface area contributed by atoms with Crippen molar-refractivity contribution in [3.8, 4) is 0 Å². The molecule has 0 nitrogen and oxygen atoms in total. The van der Waals surface area contributed by atoms with Gasteiger partial charge in [-0.25, -0.2) is 0 Å². The van der Waals surface area contributed by atoms with E-state index in [1.54, 1.807) is 0 Å². The Labute approximate surface area is 82.4 Å². The summed E-state index contributed by atoms with van der Waals surface area (Å²) in [7, 11) is 0. The monoisotopic (exact) mass is 176 g/mol. The molecule has 0 N–H and O–H groups in total. The summed E-state index contributed by atoms with van der Waals surface area (Å²) in [5, 5.41) is 0. The van der Waals surface area contributed by atoms with Gasteiger partial charge in [0.1, 0.15) is 0 Å². The molecule has 0 saturated heterocycles. The van der Waals surface area contributed by atoms with E-state index in [4.69, 9.17) is 0 Å². The minimum atomic E-state index is 0. The predicted octanol–water partition coefficient (Wildman–Crippen LogP) is 4.42. The highest BCUT2D eigenvalue weighted by Crippen LogP contribution is 1.98. The van der Waals surface area contributed by atoms with Gasteiger partial charge in [-0.3, -0.25) is 0 Å². The fourth-order valence-electron chi connectivity index (χ4n) is 1.08. The molecular formula is C13H20. The molecule has 2 aliphatic rings. The summed E-state index contributed by atoms with van der Waals surface area (Å²) in [6, 6.07) is 0. The highest BCUT2D eigenvalue weighted by atomic mass is 13.8. The zero-order valence-electron chi connectivity index (χ0n) is 7.45. The summed E-state index contributed by atoms with van der Waals surface area (Å²) < 4.78 is 0. The molecule has 0 heterocycles. The van der Waals surface area contributed by atoms with Crippen LogP contribution in [0.2, 0.25) is 0 Å². The minimum Gasteiger partial charge on any atom is -0.0844 e. The lowest BCUT2D eigenvalue weighted by molar-refractivity contribution is 1.04. The Morgan fingerprint density at radius 3 is 1.08 bits per heavy atom. The highest BCUT2D eigenvalue weighted by molar-refractivity contribution is 5.07. The molecule has 0 bridgehead atoms. The van der Waals surface area contributed by atoms with Gasteiger partial charge in [-0.05, 0) is 25.7 Å². The maximum Gasteiger partial charge on any atom is -0.0169 e. The van der Waals surface area contributed by atoms with Crippen LogP contribution in [0.15, 0.2) is 48.6 Å². The van der Waals surface area contributed by atoms with Crippen molar-refractivity contribution in [2.45, 2.75) is 33.1 Å². The van der Waals surface area contributed by atoms with E-state index >= 15 is 0 Å². The molecule has 0 aromatic rings. The van der Waals surface area contributed by atoms with Crippen LogP contribution < -0.4 is 0 Å². The average Bonchev–Trinajstić information content (AvgIpc) is 2.24. The molecule has 0 spiro atoms. The Balaban J connectivity index is 0.000000206. The molecule has 0 amide bonds. The van der Waals surface area contributed by atoms with E-state index < -0.39 is 0 Å². The molecule has 0 aliphatic heterocycles. The quantitative estimate of drug-likeness (QED) is 0.479. The van der Waals surface area contributed by atoms with Gasteiger partial charge in [-0.15, -0.1) is 0 Å². The second-order valence-corrected chi connectivity index (χ2v) is 2.85. The first kappa shape index (κ1) is 12.0. The van der Waals surface area contributed by atoms with Crippen molar-refractivity contribution in [2.24, 2.45) is 0 Å². The van der Waals surface area contributed by atoms with Gasteiger partial charge in [-0.2, -0.15) is 0 Å². The first-order valence-electron chi connectivity index (χ1n) is 4.62. The van der Waals surface area contributed by atoms with Gasteiger partial charge in [0.05, 0.1) is 0 Å². The Morgan fingerprint density at radius 1 is 0.538 bits per heavy atom. The molecule has 0 saturated carbocycles. The van der Waals surface area contributed by atoms with Crippen molar-refractivity contribution in [1.82, 2.24) is 0 Å². The van der Waals surface area contributed by atoms with Crippen molar-refractivity contribution in [1.29, 1.82) is 0 Å². The number of hydrogen-bond acceptors (Lipinski definition) is 0. The average molecular weight is 176 g/mol. The van der Waals surface area contributed by atoms with E-state index in [0.29, 0.717) is 0 Å². The van der Waals surface area contributed by atoms with Gasteiger partial charge < -0.3 is 0 Å². The Morgan fingerprint density at radius 2 is 0.923 bits per heavy atom. The van der Waals surface area contributed by atoms with Crippen LogP contribution in [0.5, 0.6) is 0 Å². The van der Waals surface area contributed by atoms with Crippen molar-refractivity contribution < 1.29 is 0 Å². The fourth-order valence-corrected chi connectivity index (χ4v) is 1.08. The van der Waals surface area contributed by atoms with Crippen LogP contribution in [-0.4, -0.2) is 0 Å². The number of rotatable bonds is 0. The third kappa shape index (κ3) is 7.32. The second-order valence-electron chi connectivity index (χ2n) is 2.85. The standard InChI is InChI=1S/2C6H8.CH4/c2*1-2-4-6-5-3-1;/h1-2,5-6H,3-4H2;1-4H,5-6H2;1H4. The third-order valence-electron chi connectivity index (χ3n) is 1.76. The molecule has 0 aromatic carbocycles.